The van der Waals surface area contributed by atoms with E-state index in [-0.39, 0.29) is 0 Å². The minimum absolute atomic E-state index is 0.398. The van der Waals surface area contributed by atoms with Crippen molar-refractivity contribution < 1.29 is 56.2 Å². The van der Waals surface area contributed by atoms with E-state index < -0.39 is 52.4 Å². The smallest absolute Gasteiger partial charge is 0.241 e. The molecular weight excluding hydrogens is 702 g/mol. The third-order valence-corrected chi connectivity index (χ3v) is 14.5. The molecule has 0 spiro atoms. The van der Waals surface area contributed by atoms with Gasteiger partial charge in [-0.2, -0.15) is 0 Å². The van der Waals surface area contributed by atoms with Crippen LogP contribution in [0.3, 0.4) is 0 Å². The average molecular weight is 726 g/mol. The number of halogens is 2. The van der Waals surface area contributed by atoms with Crippen LogP contribution in [0.15, 0.2) is 146 Å². The van der Waals surface area contributed by atoms with Gasteiger partial charge in [-0.25, -0.2) is 15.7 Å². The Morgan fingerprint density at radius 2 is 0.605 bits per heavy atom. The van der Waals surface area contributed by atoms with Gasteiger partial charge in [-0.1, -0.05) is 72.8 Å². The maximum Gasteiger partial charge on any atom is 0.390 e. The van der Waals surface area contributed by atoms with E-state index in [9.17, 15) is 9.59 Å². The molecule has 188 valence electrons. The number of benzene rings is 5. The van der Waals surface area contributed by atoms with Gasteiger partial charge in [-0.15, -0.1) is 0 Å². The van der Waals surface area contributed by atoms with Crippen molar-refractivity contribution in [2.45, 2.75) is 0 Å². The highest BCUT2D eigenvalue weighted by molar-refractivity contribution is 5.92. The van der Waals surface area contributed by atoms with E-state index >= 15 is 0 Å². The Labute approximate surface area is 237 Å². The summed E-state index contributed by atoms with van der Waals surface area (Å²) in [4.78, 5) is 26.3. The predicted octanol–water partition coefficient (Wildman–Crippen LogP) is 0.559. The number of rotatable bonds is 8. The highest BCUT2D eigenvalue weighted by atomic mass is 127. The van der Waals surface area contributed by atoms with Crippen molar-refractivity contribution in [1.29, 1.82) is 0 Å². The summed E-state index contributed by atoms with van der Waals surface area (Å²) >= 11 is -4.90. The highest BCUT2D eigenvalue weighted by Crippen LogP contribution is 2.06. The lowest BCUT2D eigenvalue weighted by molar-refractivity contribution is -1.04. The second-order valence-electron chi connectivity index (χ2n) is 7.99. The topological polar surface area (TPSA) is 52.6 Å². The molecule has 0 saturated carbocycles. The molecule has 0 heterocycles. The van der Waals surface area contributed by atoms with Crippen LogP contribution in [0.4, 0.5) is 0 Å². The van der Waals surface area contributed by atoms with Crippen molar-refractivity contribution in [3.8, 4) is 0 Å². The van der Waals surface area contributed by atoms with E-state index in [1.807, 2.05) is 121 Å². The number of carbonyl (C=O) groups is 2. The molecule has 5 aromatic rings. The van der Waals surface area contributed by atoms with Gasteiger partial charge in [-0.3, -0.25) is 0 Å². The van der Waals surface area contributed by atoms with Crippen molar-refractivity contribution >= 4 is 11.9 Å². The molecule has 6 heteroatoms. The summed E-state index contributed by atoms with van der Waals surface area (Å²) in [5.41, 5.74) is 0.800. The van der Waals surface area contributed by atoms with Gasteiger partial charge in [0, 0.05) is 0 Å². The lowest BCUT2D eigenvalue weighted by atomic mass is 10.1. The zero-order valence-corrected chi connectivity index (χ0v) is 24.6. The maximum absolute atomic E-state index is 13.1. The van der Waals surface area contributed by atoms with Crippen molar-refractivity contribution in [1.82, 2.24) is 0 Å². The Bertz CT molecular complexity index is 1280. The SMILES string of the molecule is O=C(O[I+](c1ccccc1)c1ccccc1)c1ccc(C(=O)O[I+](c2ccccc2)c2ccccc2)cc1. The van der Waals surface area contributed by atoms with Crippen LogP contribution in [0.1, 0.15) is 20.7 Å². The quantitative estimate of drug-likeness (QED) is 0.220. The molecule has 0 saturated heterocycles. The summed E-state index contributed by atoms with van der Waals surface area (Å²) in [6.45, 7) is 0. The largest absolute Gasteiger partial charge is 0.390 e. The van der Waals surface area contributed by atoms with E-state index in [1.54, 1.807) is 24.3 Å². The van der Waals surface area contributed by atoms with E-state index in [0.29, 0.717) is 11.1 Å². The summed E-state index contributed by atoms with van der Waals surface area (Å²) < 4.78 is 16.3. The van der Waals surface area contributed by atoms with Crippen LogP contribution in [0.5, 0.6) is 0 Å². The Morgan fingerprint density at radius 3 is 0.842 bits per heavy atom. The monoisotopic (exact) mass is 726 g/mol. The first-order valence-electron chi connectivity index (χ1n) is 11.8. The minimum Gasteiger partial charge on any atom is -0.241 e. The summed E-state index contributed by atoms with van der Waals surface area (Å²) in [6.07, 6.45) is 0. The Hall–Kier alpha value is -3.50. The molecule has 0 bridgehead atoms. The van der Waals surface area contributed by atoms with E-state index in [1.165, 1.54) is 0 Å². The van der Waals surface area contributed by atoms with Crippen LogP contribution in [0.2, 0.25) is 0 Å². The minimum atomic E-state index is -2.45. The first-order valence-corrected chi connectivity index (χ1v) is 17.9. The summed E-state index contributed by atoms with van der Waals surface area (Å²) in [7, 11) is 0. The fourth-order valence-electron chi connectivity index (χ4n) is 3.52. The second-order valence-corrected chi connectivity index (χ2v) is 16.7. The lowest BCUT2D eigenvalue weighted by Gasteiger charge is -2.07. The average Bonchev–Trinajstić information content (AvgIpc) is 3.00. The molecule has 2 radical (unpaired) electrons. The van der Waals surface area contributed by atoms with E-state index in [4.69, 9.17) is 6.13 Å². The molecular formula is C32H24I2O4+2. The van der Waals surface area contributed by atoms with Gasteiger partial charge in [0.2, 0.25) is 0 Å². The van der Waals surface area contributed by atoms with E-state index in [2.05, 4.69) is 0 Å². The highest BCUT2D eigenvalue weighted by Gasteiger charge is 2.36. The first-order chi connectivity index (χ1) is 18.7. The molecule has 5 rings (SSSR count). The standard InChI is InChI=1S/C32H24I2O4/c35-31(37-33(27-13-5-1-6-14-27)28-15-7-2-8-16-28)25-21-23-26(24-22-25)32(36)38-34(29-17-9-3-10-18-29)30-19-11-4-12-20-30/h1-24H/q+2. The second kappa shape index (κ2) is 12.8. The normalized spacial score (nSPS) is 10.8. The van der Waals surface area contributed by atoms with Gasteiger partial charge >= 0.3 is 52.4 Å². The number of carbonyl (C=O) groups excluding carboxylic acids is 2. The maximum atomic E-state index is 13.1. The fraction of sp³-hybridized carbons (Fsp3) is 0. The van der Waals surface area contributed by atoms with Crippen LogP contribution in [0.25, 0.3) is 0 Å². The zero-order valence-electron chi connectivity index (χ0n) is 20.2. The predicted molar refractivity (Wildman–Crippen MR) is 138 cm³/mol. The molecule has 0 aliphatic heterocycles. The third-order valence-electron chi connectivity index (χ3n) is 5.38. The molecule has 0 aliphatic rings. The van der Waals surface area contributed by atoms with Crippen molar-refractivity contribution in [2.75, 3.05) is 0 Å². The zero-order chi connectivity index (χ0) is 26.2. The number of hydrogen-bond acceptors (Lipinski definition) is 4. The van der Waals surface area contributed by atoms with Crippen LogP contribution in [0, 0.1) is 14.3 Å². The van der Waals surface area contributed by atoms with Gasteiger partial charge in [0.1, 0.15) is 0 Å². The van der Waals surface area contributed by atoms with Crippen molar-refractivity contribution in [3.63, 3.8) is 0 Å². The third kappa shape index (κ3) is 6.49. The van der Waals surface area contributed by atoms with Crippen LogP contribution >= 0.6 is 0 Å². The molecule has 0 atom stereocenters. The molecule has 0 unspecified atom stereocenters. The van der Waals surface area contributed by atoms with Crippen molar-refractivity contribution in [2.24, 2.45) is 0 Å². The lowest BCUT2D eigenvalue weighted by Crippen LogP contribution is -3.85. The molecule has 0 aromatic heterocycles. The summed E-state index contributed by atoms with van der Waals surface area (Å²) in [5.74, 6) is -0.797. The molecule has 0 N–H and O–H groups in total. The van der Waals surface area contributed by atoms with E-state index in [0.717, 1.165) is 14.3 Å². The fourth-order valence-corrected chi connectivity index (χ4v) is 11.6. The Morgan fingerprint density at radius 1 is 0.368 bits per heavy atom. The van der Waals surface area contributed by atoms with Crippen LogP contribution in [-0.4, -0.2) is 11.9 Å². The molecule has 4 nitrogen and oxygen atoms in total. The molecule has 0 fully saturated rings. The Kier molecular flexibility index (Phi) is 8.82. The molecule has 5 aromatic carbocycles. The van der Waals surface area contributed by atoms with Gasteiger partial charge < -0.3 is 0 Å². The van der Waals surface area contributed by atoms with Crippen molar-refractivity contribution in [3.05, 3.63) is 171 Å². The molecule has 38 heavy (non-hydrogen) atoms. The number of hydrogen-bond donors (Lipinski definition) is 0. The molecule has 0 amide bonds. The van der Waals surface area contributed by atoms with Crippen LogP contribution in [-0.2, 0) is 6.13 Å². The summed E-state index contributed by atoms with van der Waals surface area (Å²) in [6, 6.07) is 46.0. The van der Waals surface area contributed by atoms with Gasteiger partial charge in [0.05, 0.1) is 11.1 Å². The van der Waals surface area contributed by atoms with Gasteiger partial charge in [-0.05, 0) is 72.8 Å². The molecule has 0 aliphatic carbocycles. The summed E-state index contributed by atoms with van der Waals surface area (Å²) in [5, 5.41) is 0. The Balaban J connectivity index is 1.33. The van der Waals surface area contributed by atoms with Crippen LogP contribution < -0.4 is 40.5 Å². The van der Waals surface area contributed by atoms with Gasteiger partial charge in [0.15, 0.2) is 14.3 Å². The first kappa shape index (κ1) is 26.1. The van der Waals surface area contributed by atoms with Gasteiger partial charge in [0.25, 0.3) is 0 Å².